The van der Waals surface area contributed by atoms with Crippen LogP contribution >= 0.6 is 10.6 Å². The van der Waals surface area contributed by atoms with Crippen molar-refractivity contribution >= 4 is 38.2 Å². The van der Waals surface area contributed by atoms with Crippen LogP contribution < -0.4 is 10.5 Å². The molecule has 0 spiro atoms. The first-order chi connectivity index (χ1) is 13.8. The largest absolute Gasteiger partial charge is 0.488 e. The average Bonchev–Trinajstić information content (AvgIpc) is 2.60. The molecule has 0 aliphatic heterocycles. The lowest BCUT2D eigenvalue weighted by atomic mass is 10.2. The Hall–Kier alpha value is -2.40. The van der Waals surface area contributed by atoms with Crippen molar-refractivity contribution in [2.75, 3.05) is 11.5 Å². The van der Waals surface area contributed by atoms with Crippen LogP contribution in [0, 0.1) is 0 Å². The van der Waals surface area contributed by atoms with Crippen LogP contribution in [0.15, 0.2) is 58.3 Å². The van der Waals surface area contributed by atoms with Gasteiger partial charge >= 0.3 is 0 Å². The maximum absolute atomic E-state index is 12.6. The minimum absolute atomic E-state index is 0.0616. The van der Waals surface area contributed by atoms with Crippen LogP contribution in [0.25, 0.3) is 0 Å². The summed E-state index contributed by atoms with van der Waals surface area (Å²) in [5, 5.41) is -1.93. The Morgan fingerprint density at radius 2 is 1.70 bits per heavy atom. The molecule has 0 bridgehead atoms. The van der Waals surface area contributed by atoms with E-state index in [0.717, 1.165) is 0 Å². The number of benzene rings is 2. The highest BCUT2D eigenvalue weighted by Crippen LogP contribution is 2.52. The zero-order valence-corrected chi connectivity index (χ0v) is 18.4. The van der Waals surface area contributed by atoms with Gasteiger partial charge in [0.05, 0.1) is 9.79 Å². The van der Waals surface area contributed by atoms with Crippen molar-refractivity contribution in [2.24, 2.45) is 0 Å². The minimum atomic E-state index is -4.12. The fourth-order valence-corrected chi connectivity index (χ4v) is 5.47. The molecule has 4 N–H and O–H groups in total. The van der Waals surface area contributed by atoms with Gasteiger partial charge in [-0.15, -0.1) is 0 Å². The van der Waals surface area contributed by atoms with Crippen molar-refractivity contribution in [1.29, 1.82) is 0 Å². The van der Waals surface area contributed by atoms with Gasteiger partial charge in [0.1, 0.15) is 23.4 Å². The number of hydrogen-bond donors (Lipinski definition) is 3. The summed E-state index contributed by atoms with van der Waals surface area (Å²) in [5.41, 5.74) is 5.30. The van der Waals surface area contributed by atoms with E-state index in [-0.39, 0.29) is 21.8 Å². The monoisotopic (exact) mass is 455 g/mol. The topological polar surface area (TPSA) is 144 Å². The molecule has 1 unspecified atom stereocenters. The first-order valence-corrected chi connectivity index (χ1v) is 12.1. The fraction of sp³-hybridized carbons (Fsp3) is 0.300. The van der Waals surface area contributed by atoms with E-state index in [4.69, 9.17) is 10.5 Å². The molecule has 0 heterocycles. The van der Waals surface area contributed by atoms with Gasteiger partial charge in [-0.05, 0) is 63.2 Å². The minimum Gasteiger partial charge on any atom is -0.488 e. The second-order valence-electron chi connectivity index (χ2n) is 7.63. The molecule has 0 radical (unpaired) electrons. The van der Waals surface area contributed by atoms with Gasteiger partial charge in [0.15, 0.2) is 20.9 Å². The third-order valence-corrected chi connectivity index (χ3v) is 7.62. The summed E-state index contributed by atoms with van der Waals surface area (Å²) in [4.78, 5) is 23.8. The Balaban J connectivity index is 2.26. The second-order valence-corrected chi connectivity index (χ2v) is 11.8. The number of nitrogens with two attached hydrogens (primary N) is 1. The molecule has 10 heteroatoms. The van der Waals surface area contributed by atoms with E-state index in [1.165, 1.54) is 48.5 Å². The summed E-state index contributed by atoms with van der Waals surface area (Å²) in [7, 11) is -8.06. The first-order valence-electron chi connectivity index (χ1n) is 8.89. The molecule has 164 valence electrons. The van der Waals surface area contributed by atoms with Crippen LogP contribution in [0.3, 0.4) is 0 Å². The van der Waals surface area contributed by atoms with E-state index in [2.05, 4.69) is 0 Å². The second kappa shape index (κ2) is 8.76. The number of aldehydes is 1. The Labute approximate surface area is 177 Å². The number of nitrogen functional groups attached to an aromatic ring is 1. The molecule has 30 heavy (non-hydrogen) atoms. The number of carbonyl (C=O) groups is 2. The van der Waals surface area contributed by atoms with E-state index < -0.39 is 42.8 Å². The van der Waals surface area contributed by atoms with Gasteiger partial charge in [-0.25, -0.2) is 8.42 Å². The highest BCUT2D eigenvalue weighted by molar-refractivity contribution is 8.26. The van der Waals surface area contributed by atoms with Gasteiger partial charge in [0.2, 0.25) is 0 Å². The molecule has 0 saturated heterocycles. The third kappa shape index (κ3) is 5.82. The molecule has 0 saturated carbocycles. The number of hydrogen-bond acceptors (Lipinski definition) is 8. The number of ether oxygens (including phenoxy) is 1. The third-order valence-electron chi connectivity index (χ3n) is 3.94. The predicted molar refractivity (Wildman–Crippen MR) is 116 cm³/mol. The number of carbonyl (C=O) groups excluding carboxylic acids is 2. The molecule has 0 fully saturated rings. The van der Waals surface area contributed by atoms with Gasteiger partial charge in [0, 0.05) is 5.69 Å². The highest BCUT2D eigenvalue weighted by Gasteiger charge is 2.36. The standard InChI is InChI=1S/C20H25NO7S2/c1-20(2,3)28-15-7-9-16(10-8-15)30(26,27)19(12-22)18(23)13-29(24,25)17-6-4-5-14(21)11-17/h4-12,19,26-27H,13,21H2,1-3H3. The number of Topliss-reactive ketones (excluding diaryl/α,β-unsaturated/α-hetero) is 1. The van der Waals surface area contributed by atoms with Crippen LogP contribution in [0.1, 0.15) is 20.8 Å². The molecular weight excluding hydrogens is 430 g/mol. The van der Waals surface area contributed by atoms with Crippen LogP contribution in [-0.4, -0.2) is 46.2 Å². The van der Waals surface area contributed by atoms with Crippen LogP contribution in [0.4, 0.5) is 5.69 Å². The van der Waals surface area contributed by atoms with E-state index >= 15 is 0 Å². The normalized spacial score (nSPS) is 14.0. The lowest BCUT2D eigenvalue weighted by Crippen LogP contribution is -2.34. The SMILES string of the molecule is CC(C)(C)Oc1ccc(S(O)(O)C(C=O)C(=O)CS(=O)(=O)c2cccc(N)c2)cc1. The summed E-state index contributed by atoms with van der Waals surface area (Å²) in [5.74, 6) is -1.73. The number of anilines is 1. The van der Waals surface area contributed by atoms with E-state index in [1.54, 1.807) is 0 Å². The summed E-state index contributed by atoms with van der Waals surface area (Å²) >= 11 is 0. The zero-order chi connectivity index (χ0) is 22.7. The zero-order valence-electron chi connectivity index (χ0n) is 16.8. The highest BCUT2D eigenvalue weighted by atomic mass is 32.3. The summed E-state index contributed by atoms with van der Waals surface area (Å²) in [6, 6.07) is 11.0. The summed E-state index contributed by atoms with van der Waals surface area (Å²) in [6.45, 7) is 5.53. The molecule has 2 rings (SSSR count). The first kappa shape index (κ1) is 23.9. The van der Waals surface area contributed by atoms with Crippen molar-refractivity contribution in [3.63, 3.8) is 0 Å². The Bertz CT molecular complexity index is 1030. The van der Waals surface area contributed by atoms with Gasteiger partial charge in [-0.2, -0.15) is 10.6 Å². The average molecular weight is 456 g/mol. The van der Waals surface area contributed by atoms with Crippen LogP contribution in [0.5, 0.6) is 5.75 Å². The fourth-order valence-electron chi connectivity index (χ4n) is 2.61. The number of sulfone groups is 1. The van der Waals surface area contributed by atoms with E-state index in [0.29, 0.717) is 5.75 Å². The smallest absolute Gasteiger partial charge is 0.185 e. The molecule has 0 amide bonds. The Morgan fingerprint density at radius 1 is 1.10 bits per heavy atom. The van der Waals surface area contributed by atoms with E-state index in [9.17, 15) is 27.1 Å². The Morgan fingerprint density at radius 3 is 2.20 bits per heavy atom. The number of rotatable bonds is 8. The van der Waals surface area contributed by atoms with Crippen molar-refractivity contribution in [3.8, 4) is 5.75 Å². The summed E-state index contributed by atoms with van der Waals surface area (Å²) < 4.78 is 51.8. The van der Waals surface area contributed by atoms with E-state index in [1.807, 2.05) is 20.8 Å². The molecular formula is C20H25NO7S2. The predicted octanol–water partition coefficient (Wildman–Crippen LogP) is 3.17. The van der Waals surface area contributed by atoms with Crippen molar-refractivity contribution < 1.29 is 31.8 Å². The molecule has 0 aliphatic rings. The Kier molecular flexibility index (Phi) is 6.97. The van der Waals surface area contributed by atoms with Crippen molar-refractivity contribution in [2.45, 2.75) is 41.4 Å². The van der Waals surface area contributed by atoms with Crippen LogP contribution in [0.2, 0.25) is 0 Å². The quantitative estimate of drug-likeness (QED) is 0.313. The maximum Gasteiger partial charge on any atom is 0.185 e. The summed E-state index contributed by atoms with van der Waals surface area (Å²) in [6.07, 6.45) is 0.0616. The number of ketones is 1. The van der Waals surface area contributed by atoms with Crippen molar-refractivity contribution in [1.82, 2.24) is 0 Å². The van der Waals surface area contributed by atoms with Gasteiger partial charge in [-0.1, -0.05) is 6.07 Å². The lowest BCUT2D eigenvalue weighted by Gasteiger charge is -2.36. The lowest BCUT2D eigenvalue weighted by molar-refractivity contribution is -0.120. The van der Waals surface area contributed by atoms with Crippen molar-refractivity contribution in [3.05, 3.63) is 48.5 Å². The maximum atomic E-state index is 12.6. The molecule has 0 aliphatic carbocycles. The molecule has 2 aromatic carbocycles. The molecule has 1 atom stereocenters. The van der Waals surface area contributed by atoms with Gasteiger partial charge in [-0.3, -0.25) is 13.9 Å². The van der Waals surface area contributed by atoms with Gasteiger partial charge in [0.25, 0.3) is 0 Å². The molecule has 2 aromatic rings. The molecule has 0 aromatic heterocycles. The van der Waals surface area contributed by atoms with Gasteiger partial charge < -0.3 is 15.3 Å². The molecule has 8 nitrogen and oxygen atoms in total. The van der Waals surface area contributed by atoms with Crippen LogP contribution in [-0.2, 0) is 19.4 Å².